The molecule has 0 unspecified atom stereocenters. The van der Waals surface area contributed by atoms with Crippen LogP contribution in [-0.4, -0.2) is 57.3 Å². The Morgan fingerprint density at radius 2 is 1.00 bits per heavy atom. The Morgan fingerprint density at radius 1 is 0.640 bits per heavy atom. The summed E-state index contributed by atoms with van der Waals surface area (Å²) in [7, 11) is -5.48. The Hall–Kier alpha value is -0.0662. The van der Waals surface area contributed by atoms with E-state index >= 15 is 0 Å². The molecular weight excluding hydrogens is 356 g/mol. The van der Waals surface area contributed by atoms with Crippen LogP contribution >= 0.6 is 0 Å². The minimum absolute atomic E-state index is 0.542. The third-order valence-corrected chi connectivity index (χ3v) is 9.76. The Labute approximate surface area is 156 Å². The van der Waals surface area contributed by atoms with Gasteiger partial charge in [0.2, 0.25) is 0 Å². The molecule has 8 heteroatoms. The van der Waals surface area contributed by atoms with Crippen molar-refractivity contribution >= 4 is 17.6 Å². The normalized spacial score (nSPS) is 12.6. The monoisotopic (exact) mass is 394 g/mol. The molecule has 0 aromatic carbocycles. The van der Waals surface area contributed by atoms with Gasteiger partial charge >= 0.3 is 17.6 Å². The maximum absolute atomic E-state index is 5.91. The fraction of sp³-hybridized carbons (Fsp3) is 0.882. The van der Waals surface area contributed by atoms with E-state index in [9.17, 15) is 0 Å². The summed E-state index contributed by atoms with van der Waals surface area (Å²) in [5, 5.41) is 0.908. The van der Waals surface area contributed by atoms with Crippen LogP contribution in [-0.2, 0) is 26.6 Å². The first kappa shape index (κ1) is 24.9. The first-order valence-corrected chi connectivity index (χ1v) is 13.2. The van der Waals surface area contributed by atoms with Crippen LogP contribution in [0.4, 0.5) is 0 Å². The first-order chi connectivity index (χ1) is 12.0. The fourth-order valence-corrected chi connectivity index (χ4v) is 7.77. The summed E-state index contributed by atoms with van der Waals surface area (Å²) in [6.07, 6.45) is 1.58. The molecule has 150 valence electrons. The zero-order chi connectivity index (χ0) is 19.2. The van der Waals surface area contributed by atoms with Gasteiger partial charge in [-0.2, -0.15) is 0 Å². The molecule has 0 radical (unpaired) electrons. The van der Waals surface area contributed by atoms with E-state index in [4.69, 9.17) is 26.6 Å². The molecule has 0 heterocycles. The minimum atomic E-state index is -2.85. The lowest BCUT2D eigenvalue weighted by atomic mass is 10.3. The molecule has 0 N–H and O–H groups in total. The predicted octanol–water partition coefficient (Wildman–Crippen LogP) is 3.96. The van der Waals surface area contributed by atoms with Crippen LogP contribution in [0.15, 0.2) is 11.8 Å². The molecule has 0 saturated carbocycles. The van der Waals surface area contributed by atoms with Crippen molar-refractivity contribution in [3.8, 4) is 0 Å². The highest BCUT2D eigenvalue weighted by molar-refractivity contribution is 6.68. The minimum Gasteiger partial charge on any atom is -0.374 e. The van der Waals surface area contributed by atoms with E-state index < -0.39 is 17.6 Å². The summed E-state index contributed by atoms with van der Waals surface area (Å²) in [4.78, 5) is 0. The summed E-state index contributed by atoms with van der Waals surface area (Å²) in [6.45, 7) is 19.4. The summed E-state index contributed by atoms with van der Waals surface area (Å²) in [5.41, 5.74) is 0. The molecule has 0 spiro atoms. The van der Waals surface area contributed by atoms with Gasteiger partial charge < -0.3 is 26.6 Å². The van der Waals surface area contributed by atoms with Crippen molar-refractivity contribution in [2.45, 2.75) is 60.4 Å². The predicted molar refractivity (Wildman–Crippen MR) is 104 cm³/mol. The lowest BCUT2D eigenvalue weighted by Crippen LogP contribution is -2.48. The summed E-state index contributed by atoms with van der Waals surface area (Å²) in [6, 6.07) is 0.746. The van der Waals surface area contributed by atoms with Crippen LogP contribution in [0, 0.1) is 0 Å². The van der Waals surface area contributed by atoms with Crippen molar-refractivity contribution in [1.82, 2.24) is 0 Å². The van der Waals surface area contributed by atoms with Crippen molar-refractivity contribution in [1.29, 1.82) is 0 Å². The van der Waals surface area contributed by atoms with Crippen molar-refractivity contribution in [2.75, 3.05) is 39.6 Å². The van der Waals surface area contributed by atoms with E-state index in [-0.39, 0.29) is 0 Å². The summed E-state index contributed by atoms with van der Waals surface area (Å²) >= 11 is 0. The molecule has 6 nitrogen and oxygen atoms in total. The standard InChI is InChI=1S/C17H38O6Si2/c1-8-18-24(19-9-2,20-10-3)16-14-15-17(7)25(21-11-4,22-12-5)23-13-6/h7-16H2,1-6H3. The number of hydrogen-bond acceptors (Lipinski definition) is 6. The van der Waals surface area contributed by atoms with E-state index in [1.807, 2.05) is 41.5 Å². The molecule has 0 fully saturated rings. The van der Waals surface area contributed by atoms with E-state index in [1.165, 1.54) is 0 Å². The van der Waals surface area contributed by atoms with E-state index in [1.54, 1.807) is 0 Å². The van der Waals surface area contributed by atoms with Gasteiger partial charge in [-0.15, -0.1) is 0 Å². The van der Waals surface area contributed by atoms with Gasteiger partial charge in [0.15, 0.2) is 0 Å². The zero-order valence-electron chi connectivity index (χ0n) is 17.0. The van der Waals surface area contributed by atoms with E-state index in [0.717, 1.165) is 24.1 Å². The van der Waals surface area contributed by atoms with Gasteiger partial charge in [0.1, 0.15) is 0 Å². The average Bonchev–Trinajstić information content (AvgIpc) is 2.56. The SMILES string of the molecule is C=C(CCC[Si](OCC)(OCC)OCC)[Si](OCC)(OCC)OCC. The largest absolute Gasteiger partial charge is 0.532 e. The molecule has 0 bridgehead atoms. The molecule has 0 atom stereocenters. The van der Waals surface area contributed by atoms with Gasteiger partial charge in [0.05, 0.1) is 0 Å². The van der Waals surface area contributed by atoms with E-state index in [0.29, 0.717) is 39.6 Å². The molecule has 25 heavy (non-hydrogen) atoms. The number of hydrogen-bond donors (Lipinski definition) is 0. The summed E-state index contributed by atoms with van der Waals surface area (Å²) in [5.74, 6) is 0. The smallest absolute Gasteiger partial charge is 0.374 e. The maximum atomic E-state index is 5.91. The maximum Gasteiger partial charge on any atom is 0.532 e. The third-order valence-electron chi connectivity index (χ3n) is 3.49. The molecule has 0 aromatic heterocycles. The van der Waals surface area contributed by atoms with Gasteiger partial charge in [-0.25, -0.2) is 0 Å². The number of rotatable bonds is 17. The Balaban J connectivity index is 4.94. The van der Waals surface area contributed by atoms with Crippen LogP contribution in [0.5, 0.6) is 0 Å². The Bertz CT molecular complexity index is 320. The Kier molecular flexibility index (Phi) is 14.0. The topological polar surface area (TPSA) is 55.4 Å². The average molecular weight is 395 g/mol. The molecule has 0 rings (SSSR count). The summed E-state index contributed by atoms with van der Waals surface area (Å²) < 4.78 is 35.4. The van der Waals surface area contributed by atoms with Gasteiger partial charge in [-0.05, 0) is 59.6 Å². The second kappa shape index (κ2) is 14.0. The molecule has 0 aliphatic heterocycles. The quantitative estimate of drug-likeness (QED) is 0.348. The highest BCUT2D eigenvalue weighted by atomic mass is 28.4. The third kappa shape index (κ3) is 8.44. The molecule has 0 aliphatic rings. The lowest BCUT2D eigenvalue weighted by molar-refractivity contribution is 0.0697. The fourth-order valence-electron chi connectivity index (χ4n) is 2.67. The lowest BCUT2D eigenvalue weighted by Gasteiger charge is -2.31. The zero-order valence-corrected chi connectivity index (χ0v) is 19.0. The van der Waals surface area contributed by atoms with Gasteiger partial charge in [-0.3, -0.25) is 0 Å². The van der Waals surface area contributed by atoms with Gasteiger partial charge in [0, 0.05) is 45.7 Å². The highest BCUT2D eigenvalue weighted by Gasteiger charge is 2.45. The molecule has 0 aliphatic carbocycles. The van der Waals surface area contributed by atoms with Gasteiger partial charge in [0.25, 0.3) is 0 Å². The van der Waals surface area contributed by atoms with Crippen molar-refractivity contribution in [2.24, 2.45) is 0 Å². The van der Waals surface area contributed by atoms with Crippen molar-refractivity contribution < 1.29 is 26.6 Å². The molecular formula is C17H38O6Si2. The first-order valence-electron chi connectivity index (χ1n) is 9.51. The van der Waals surface area contributed by atoms with Crippen LogP contribution in [0.1, 0.15) is 54.4 Å². The van der Waals surface area contributed by atoms with Crippen LogP contribution in [0.3, 0.4) is 0 Å². The molecule has 0 aromatic rings. The van der Waals surface area contributed by atoms with Gasteiger partial charge in [-0.1, -0.05) is 6.58 Å². The molecule has 0 saturated heterocycles. The van der Waals surface area contributed by atoms with Crippen molar-refractivity contribution in [3.63, 3.8) is 0 Å². The second-order valence-corrected chi connectivity index (χ2v) is 10.7. The van der Waals surface area contributed by atoms with Crippen LogP contribution < -0.4 is 0 Å². The van der Waals surface area contributed by atoms with Crippen LogP contribution in [0.2, 0.25) is 6.04 Å². The van der Waals surface area contributed by atoms with E-state index in [2.05, 4.69) is 6.58 Å². The van der Waals surface area contributed by atoms with Crippen LogP contribution in [0.25, 0.3) is 0 Å². The highest BCUT2D eigenvalue weighted by Crippen LogP contribution is 2.26. The number of allylic oxidation sites excluding steroid dienone is 1. The Morgan fingerprint density at radius 3 is 1.32 bits per heavy atom. The second-order valence-electron chi connectivity index (χ2n) is 5.29. The molecule has 0 amide bonds. The van der Waals surface area contributed by atoms with Crippen molar-refractivity contribution in [3.05, 3.63) is 11.8 Å².